The van der Waals surface area contributed by atoms with Gasteiger partial charge in [-0.05, 0) is 26.8 Å². The quantitative estimate of drug-likeness (QED) is 0.638. The van der Waals surface area contributed by atoms with Crippen molar-refractivity contribution in [3.63, 3.8) is 0 Å². The second-order valence-corrected chi connectivity index (χ2v) is 5.79. The van der Waals surface area contributed by atoms with Crippen LogP contribution in [0.1, 0.15) is 26.3 Å². The van der Waals surface area contributed by atoms with Crippen LogP contribution in [0.2, 0.25) is 0 Å². The molecule has 0 radical (unpaired) electrons. The fourth-order valence-electron chi connectivity index (χ4n) is 1.16. The van der Waals surface area contributed by atoms with Crippen LogP contribution in [0.25, 0.3) is 0 Å². The average Bonchev–Trinajstić information content (AvgIpc) is 2.33. The Bertz CT molecular complexity index is 570. The van der Waals surface area contributed by atoms with Crippen LogP contribution >= 0.6 is 0 Å². The SMILES string of the molecule is CC(C)(C)OC(=O)NCC#Cc1cncc(S(=O)O)c1. The van der Waals surface area contributed by atoms with Gasteiger partial charge in [-0.1, -0.05) is 11.8 Å². The first-order chi connectivity index (χ1) is 9.28. The Kier molecular flexibility index (Phi) is 5.67. The minimum atomic E-state index is -2.09. The summed E-state index contributed by atoms with van der Waals surface area (Å²) in [6, 6.07) is 1.46. The molecule has 6 nitrogen and oxygen atoms in total. The first-order valence-electron chi connectivity index (χ1n) is 5.79. The largest absolute Gasteiger partial charge is 0.444 e. The first kappa shape index (κ1) is 16.1. The number of aromatic nitrogens is 1. The highest BCUT2D eigenvalue weighted by molar-refractivity contribution is 7.79. The molecule has 1 aromatic rings. The normalized spacial score (nSPS) is 12.0. The van der Waals surface area contributed by atoms with Gasteiger partial charge >= 0.3 is 6.09 Å². The molecular weight excluding hydrogens is 280 g/mol. The van der Waals surface area contributed by atoms with Crippen molar-refractivity contribution in [3.8, 4) is 11.8 Å². The van der Waals surface area contributed by atoms with Gasteiger partial charge in [0, 0.05) is 18.0 Å². The van der Waals surface area contributed by atoms with Crippen LogP contribution in [0.3, 0.4) is 0 Å². The third-order valence-electron chi connectivity index (χ3n) is 1.87. The molecule has 0 spiro atoms. The lowest BCUT2D eigenvalue weighted by Crippen LogP contribution is -2.32. The highest BCUT2D eigenvalue weighted by Gasteiger charge is 2.14. The minimum Gasteiger partial charge on any atom is -0.444 e. The fourth-order valence-corrected chi connectivity index (χ4v) is 1.54. The van der Waals surface area contributed by atoms with Crippen molar-refractivity contribution in [1.29, 1.82) is 0 Å². The van der Waals surface area contributed by atoms with Gasteiger partial charge in [0.25, 0.3) is 0 Å². The van der Waals surface area contributed by atoms with Crippen LogP contribution in [0.5, 0.6) is 0 Å². The summed E-state index contributed by atoms with van der Waals surface area (Å²) in [5.41, 5.74) is -0.0584. The molecule has 1 amide bonds. The Labute approximate surface area is 120 Å². The van der Waals surface area contributed by atoms with E-state index < -0.39 is 22.8 Å². The van der Waals surface area contributed by atoms with Crippen molar-refractivity contribution in [2.24, 2.45) is 0 Å². The predicted octanol–water partition coefficient (Wildman–Crippen LogP) is 1.54. The van der Waals surface area contributed by atoms with Crippen LogP contribution in [-0.4, -0.2) is 32.0 Å². The molecule has 20 heavy (non-hydrogen) atoms. The lowest BCUT2D eigenvalue weighted by Gasteiger charge is -2.18. The van der Waals surface area contributed by atoms with Gasteiger partial charge in [0.05, 0.1) is 11.4 Å². The molecule has 1 unspecified atom stereocenters. The second-order valence-electron chi connectivity index (χ2n) is 4.82. The van der Waals surface area contributed by atoms with Crippen molar-refractivity contribution in [2.45, 2.75) is 31.3 Å². The molecule has 0 saturated carbocycles. The van der Waals surface area contributed by atoms with Gasteiger partial charge in [-0.3, -0.25) is 4.98 Å². The zero-order valence-corrected chi connectivity index (χ0v) is 12.3. The van der Waals surface area contributed by atoms with Crippen molar-refractivity contribution < 1.29 is 18.3 Å². The van der Waals surface area contributed by atoms with E-state index in [0.717, 1.165) is 0 Å². The number of nitrogens with zero attached hydrogens (tertiary/aromatic N) is 1. The maximum absolute atomic E-state index is 11.3. The highest BCUT2D eigenvalue weighted by Crippen LogP contribution is 2.06. The van der Waals surface area contributed by atoms with Gasteiger partial charge in [-0.15, -0.1) is 0 Å². The number of rotatable bonds is 2. The lowest BCUT2D eigenvalue weighted by molar-refractivity contribution is 0.0535. The number of ether oxygens (including phenoxy) is 1. The molecule has 1 atom stereocenters. The Morgan fingerprint density at radius 1 is 1.50 bits per heavy atom. The standard InChI is InChI=1S/C13H16N2O4S/c1-13(2,3)19-12(16)15-6-4-5-10-7-11(20(17)18)9-14-8-10/h7-9H,6H2,1-3H3,(H,15,16)(H,17,18). The van der Waals surface area contributed by atoms with Crippen LogP contribution in [-0.2, 0) is 15.8 Å². The van der Waals surface area contributed by atoms with E-state index in [1.54, 1.807) is 20.8 Å². The monoisotopic (exact) mass is 296 g/mol. The van der Waals surface area contributed by atoms with Crippen LogP contribution < -0.4 is 5.32 Å². The number of carbonyl (C=O) groups excluding carboxylic acids is 1. The Hall–Kier alpha value is -1.91. The summed E-state index contributed by atoms with van der Waals surface area (Å²) in [5, 5.41) is 2.48. The molecule has 0 aromatic carbocycles. The Morgan fingerprint density at radius 3 is 2.80 bits per heavy atom. The summed E-state index contributed by atoms with van der Waals surface area (Å²) in [7, 11) is 0. The van der Waals surface area contributed by atoms with Crippen molar-refractivity contribution in [1.82, 2.24) is 10.3 Å². The van der Waals surface area contributed by atoms with Crippen molar-refractivity contribution in [3.05, 3.63) is 24.0 Å². The molecule has 0 aliphatic carbocycles. The Balaban J connectivity index is 2.53. The van der Waals surface area contributed by atoms with Crippen LogP contribution in [0, 0.1) is 11.8 Å². The summed E-state index contributed by atoms with van der Waals surface area (Å²) in [4.78, 5) is 15.3. The first-order valence-corrected chi connectivity index (χ1v) is 6.90. The molecule has 2 N–H and O–H groups in total. The van der Waals surface area contributed by atoms with Gasteiger partial charge in [0.15, 0.2) is 11.1 Å². The zero-order valence-electron chi connectivity index (χ0n) is 11.5. The van der Waals surface area contributed by atoms with E-state index in [2.05, 4.69) is 22.1 Å². The third kappa shape index (κ3) is 6.31. The van der Waals surface area contributed by atoms with Crippen LogP contribution in [0.4, 0.5) is 4.79 Å². The fraction of sp³-hybridized carbons (Fsp3) is 0.385. The van der Waals surface area contributed by atoms with E-state index in [-0.39, 0.29) is 11.4 Å². The molecule has 0 aliphatic heterocycles. The summed E-state index contributed by atoms with van der Waals surface area (Å²) in [6.07, 6.45) is 2.21. The van der Waals surface area contributed by atoms with E-state index >= 15 is 0 Å². The minimum absolute atomic E-state index is 0.112. The highest BCUT2D eigenvalue weighted by atomic mass is 32.2. The average molecular weight is 296 g/mol. The number of hydrogen-bond acceptors (Lipinski definition) is 4. The van der Waals surface area contributed by atoms with Gasteiger partial charge in [-0.25, -0.2) is 9.00 Å². The molecule has 0 saturated heterocycles. The van der Waals surface area contributed by atoms with Crippen molar-refractivity contribution in [2.75, 3.05) is 6.54 Å². The van der Waals surface area contributed by atoms with E-state index in [1.165, 1.54) is 18.5 Å². The number of nitrogens with one attached hydrogen (secondary N) is 1. The van der Waals surface area contributed by atoms with Crippen molar-refractivity contribution >= 4 is 17.2 Å². The predicted molar refractivity (Wildman–Crippen MR) is 74.4 cm³/mol. The molecule has 1 rings (SSSR count). The number of pyridine rings is 1. The maximum Gasteiger partial charge on any atom is 0.408 e. The lowest BCUT2D eigenvalue weighted by atomic mass is 10.2. The maximum atomic E-state index is 11.3. The molecule has 0 aliphatic rings. The molecule has 1 aromatic heterocycles. The van der Waals surface area contributed by atoms with E-state index in [0.29, 0.717) is 5.56 Å². The topological polar surface area (TPSA) is 88.5 Å². The van der Waals surface area contributed by atoms with E-state index in [4.69, 9.17) is 9.29 Å². The third-order valence-corrected chi connectivity index (χ3v) is 2.49. The molecular formula is C13H16N2O4S. The summed E-state index contributed by atoms with van der Waals surface area (Å²) in [5.74, 6) is 5.43. The van der Waals surface area contributed by atoms with Crippen LogP contribution in [0.15, 0.2) is 23.4 Å². The number of alkyl carbamates (subject to hydrolysis) is 1. The van der Waals surface area contributed by atoms with E-state index in [1.807, 2.05) is 0 Å². The molecule has 1 heterocycles. The number of carbonyl (C=O) groups is 1. The smallest absolute Gasteiger partial charge is 0.408 e. The van der Waals surface area contributed by atoms with Gasteiger partial charge < -0.3 is 14.6 Å². The van der Waals surface area contributed by atoms with Gasteiger partial charge in [0.2, 0.25) is 0 Å². The van der Waals surface area contributed by atoms with Gasteiger partial charge in [0.1, 0.15) is 5.60 Å². The van der Waals surface area contributed by atoms with E-state index in [9.17, 15) is 9.00 Å². The summed E-state index contributed by atoms with van der Waals surface area (Å²) >= 11 is -2.09. The Morgan fingerprint density at radius 2 is 2.20 bits per heavy atom. The number of amides is 1. The molecule has 0 fully saturated rings. The molecule has 7 heteroatoms. The number of hydrogen-bond donors (Lipinski definition) is 2. The zero-order chi connectivity index (χ0) is 15.2. The summed E-state index contributed by atoms with van der Waals surface area (Å²) < 4.78 is 24.8. The molecule has 0 bridgehead atoms. The second kappa shape index (κ2) is 7.03. The van der Waals surface area contributed by atoms with Gasteiger partial charge in [-0.2, -0.15) is 0 Å². The summed E-state index contributed by atoms with van der Waals surface area (Å²) in [6.45, 7) is 5.42. The molecule has 108 valence electrons.